The third-order valence-electron chi connectivity index (χ3n) is 3.90. The Morgan fingerprint density at radius 1 is 1.28 bits per heavy atom. The van der Waals surface area contributed by atoms with Gasteiger partial charge in [0.05, 0.1) is 17.3 Å². The van der Waals surface area contributed by atoms with E-state index >= 15 is 0 Å². The predicted octanol–water partition coefficient (Wildman–Crippen LogP) is 3.36. The molecule has 0 saturated carbocycles. The number of halogens is 1. The second-order valence-electron chi connectivity index (χ2n) is 6.23. The molecule has 1 heterocycles. The molecule has 0 bridgehead atoms. The normalized spacial score (nSPS) is 15.9. The Bertz CT molecular complexity index is 766. The number of aryl methyl sites for hydroxylation is 1. The Morgan fingerprint density at radius 2 is 2.04 bits per heavy atom. The Kier molecular flexibility index (Phi) is 5.46. The number of carbonyl (C=O) groups excluding carboxylic acids is 1. The minimum Gasteiger partial charge on any atom is -0.486 e. The van der Waals surface area contributed by atoms with Gasteiger partial charge in [-0.05, 0) is 43.8 Å². The number of ether oxygens (including phenoxy) is 2. The third-order valence-corrected chi connectivity index (χ3v) is 4.21. The SMILES string of the molecule is Cc1ccc(NC(=O)CN(C)C[C@H]2COc3ccccc3O2)c(Cl)c1. The summed E-state index contributed by atoms with van der Waals surface area (Å²) in [7, 11) is 1.88. The zero-order valence-electron chi connectivity index (χ0n) is 14.3. The molecule has 0 spiro atoms. The summed E-state index contributed by atoms with van der Waals surface area (Å²) in [5.41, 5.74) is 1.67. The van der Waals surface area contributed by atoms with Gasteiger partial charge in [0.1, 0.15) is 12.7 Å². The number of likely N-dealkylation sites (N-methyl/N-ethyl adjacent to an activating group) is 1. The standard InChI is InChI=1S/C19H21ClN2O3/c1-13-7-8-16(15(20)9-13)21-19(23)11-22(2)10-14-12-24-17-5-3-4-6-18(17)25-14/h3-9,14H,10-12H2,1-2H3,(H,21,23)/t14-/m0/s1. The number of nitrogens with one attached hydrogen (secondary N) is 1. The Hall–Kier alpha value is -2.24. The first-order valence-electron chi connectivity index (χ1n) is 8.14. The van der Waals surface area contributed by atoms with Gasteiger partial charge in [0.25, 0.3) is 0 Å². The number of para-hydroxylation sites is 2. The molecule has 2 aromatic carbocycles. The first kappa shape index (κ1) is 17.6. The minimum absolute atomic E-state index is 0.115. The zero-order chi connectivity index (χ0) is 17.8. The molecular formula is C19H21ClN2O3. The summed E-state index contributed by atoms with van der Waals surface area (Å²) in [6.45, 7) is 3.25. The summed E-state index contributed by atoms with van der Waals surface area (Å²) in [6, 6.07) is 13.1. The van der Waals surface area contributed by atoms with E-state index in [9.17, 15) is 4.79 Å². The fraction of sp³-hybridized carbons (Fsp3) is 0.316. The molecule has 1 amide bonds. The molecule has 0 unspecified atom stereocenters. The Labute approximate surface area is 152 Å². The van der Waals surface area contributed by atoms with Crippen LogP contribution in [0, 0.1) is 6.92 Å². The average Bonchev–Trinajstić information content (AvgIpc) is 2.57. The van der Waals surface area contributed by atoms with Crippen molar-refractivity contribution in [1.82, 2.24) is 4.90 Å². The van der Waals surface area contributed by atoms with Crippen LogP contribution in [0.3, 0.4) is 0 Å². The van der Waals surface area contributed by atoms with Gasteiger partial charge in [-0.2, -0.15) is 0 Å². The molecule has 0 radical (unpaired) electrons. The molecule has 1 N–H and O–H groups in total. The van der Waals surface area contributed by atoms with Gasteiger partial charge in [-0.1, -0.05) is 29.8 Å². The molecule has 1 aliphatic heterocycles. The van der Waals surface area contributed by atoms with E-state index in [-0.39, 0.29) is 18.6 Å². The lowest BCUT2D eigenvalue weighted by Crippen LogP contribution is -2.42. The van der Waals surface area contributed by atoms with Gasteiger partial charge >= 0.3 is 0 Å². The van der Waals surface area contributed by atoms with Crippen LogP contribution in [0.4, 0.5) is 5.69 Å². The molecule has 2 aromatic rings. The maximum Gasteiger partial charge on any atom is 0.238 e. The summed E-state index contributed by atoms with van der Waals surface area (Å²) < 4.78 is 11.6. The van der Waals surface area contributed by atoms with E-state index in [1.165, 1.54) is 0 Å². The lowest BCUT2D eigenvalue weighted by Gasteiger charge is -2.29. The Morgan fingerprint density at radius 3 is 2.80 bits per heavy atom. The van der Waals surface area contributed by atoms with Gasteiger partial charge < -0.3 is 14.8 Å². The monoisotopic (exact) mass is 360 g/mol. The molecule has 0 aliphatic carbocycles. The maximum atomic E-state index is 12.2. The van der Waals surface area contributed by atoms with Gasteiger partial charge in [-0.3, -0.25) is 9.69 Å². The van der Waals surface area contributed by atoms with E-state index in [1.54, 1.807) is 0 Å². The Balaban J connectivity index is 1.51. The van der Waals surface area contributed by atoms with E-state index in [2.05, 4.69) is 5.32 Å². The molecule has 6 heteroatoms. The first-order chi connectivity index (χ1) is 12.0. The number of hydrogen-bond acceptors (Lipinski definition) is 4. The van der Waals surface area contributed by atoms with Crippen LogP contribution in [0.15, 0.2) is 42.5 Å². The number of anilines is 1. The van der Waals surface area contributed by atoms with Crippen molar-refractivity contribution < 1.29 is 14.3 Å². The summed E-state index contributed by atoms with van der Waals surface area (Å²) in [5.74, 6) is 1.38. The van der Waals surface area contributed by atoms with Crippen LogP contribution in [0.5, 0.6) is 11.5 Å². The number of benzene rings is 2. The quantitative estimate of drug-likeness (QED) is 0.888. The van der Waals surface area contributed by atoms with Crippen molar-refractivity contribution in [2.24, 2.45) is 0 Å². The summed E-state index contributed by atoms with van der Waals surface area (Å²) >= 11 is 6.15. The molecule has 132 valence electrons. The van der Waals surface area contributed by atoms with Crippen molar-refractivity contribution in [3.05, 3.63) is 53.1 Å². The van der Waals surface area contributed by atoms with Crippen LogP contribution in [0.2, 0.25) is 5.02 Å². The molecule has 0 aromatic heterocycles. The fourth-order valence-electron chi connectivity index (χ4n) is 2.72. The number of rotatable bonds is 5. The topological polar surface area (TPSA) is 50.8 Å². The van der Waals surface area contributed by atoms with Crippen molar-refractivity contribution in [2.75, 3.05) is 32.1 Å². The highest BCUT2D eigenvalue weighted by Crippen LogP contribution is 2.31. The minimum atomic E-state index is -0.120. The van der Waals surface area contributed by atoms with Crippen molar-refractivity contribution in [1.29, 1.82) is 0 Å². The maximum absolute atomic E-state index is 12.2. The van der Waals surface area contributed by atoms with Crippen molar-refractivity contribution >= 4 is 23.2 Å². The highest BCUT2D eigenvalue weighted by Gasteiger charge is 2.22. The lowest BCUT2D eigenvalue weighted by molar-refractivity contribution is -0.117. The second kappa shape index (κ2) is 7.76. The molecular weight excluding hydrogens is 340 g/mol. The van der Waals surface area contributed by atoms with Crippen LogP contribution < -0.4 is 14.8 Å². The highest BCUT2D eigenvalue weighted by molar-refractivity contribution is 6.33. The third kappa shape index (κ3) is 4.65. The molecule has 3 rings (SSSR count). The van der Waals surface area contributed by atoms with Gasteiger partial charge in [-0.15, -0.1) is 0 Å². The van der Waals surface area contributed by atoms with E-state index in [0.717, 1.165) is 17.1 Å². The summed E-state index contributed by atoms with van der Waals surface area (Å²) in [5, 5.41) is 3.38. The molecule has 1 aliphatic rings. The number of nitrogens with zero attached hydrogens (tertiary/aromatic N) is 1. The highest BCUT2D eigenvalue weighted by atomic mass is 35.5. The molecule has 25 heavy (non-hydrogen) atoms. The zero-order valence-corrected chi connectivity index (χ0v) is 15.0. The number of fused-ring (bicyclic) bond motifs is 1. The molecule has 0 saturated heterocycles. The average molecular weight is 361 g/mol. The summed E-state index contributed by atoms with van der Waals surface area (Å²) in [4.78, 5) is 14.1. The number of carbonyl (C=O) groups is 1. The van der Waals surface area contributed by atoms with Crippen molar-refractivity contribution in [2.45, 2.75) is 13.0 Å². The smallest absolute Gasteiger partial charge is 0.238 e. The number of hydrogen-bond donors (Lipinski definition) is 1. The van der Waals surface area contributed by atoms with Gasteiger partial charge in [0.2, 0.25) is 5.91 Å². The first-order valence-corrected chi connectivity index (χ1v) is 8.52. The number of amides is 1. The van der Waals surface area contributed by atoms with E-state index in [4.69, 9.17) is 21.1 Å². The van der Waals surface area contributed by atoms with Gasteiger partial charge in [0, 0.05) is 6.54 Å². The van der Waals surface area contributed by atoms with Crippen LogP contribution in [0.25, 0.3) is 0 Å². The van der Waals surface area contributed by atoms with Gasteiger partial charge in [0.15, 0.2) is 11.5 Å². The fourth-order valence-corrected chi connectivity index (χ4v) is 3.00. The van der Waals surface area contributed by atoms with Crippen LogP contribution in [-0.4, -0.2) is 43.7 Å². The lowest BCUT2D eigenvalue weighted by atomic mass is 10.2. The van der Waals surface area contributed by atoms with Crippen LogP contribution in [-0.2, 0) is 4.79 Å². The van der Waals surface area contributed by atoms with Crippen LogP contribution >= 0.6 is 11.6 Å². The van der Waals surface area contributed by atoms with E-state index < -0.39 is 0 Å². The second-order valence-corrected chi connectivity index (χ2v) is 6.63. The summed E-state index contributed by atoms with van der Waals surface area (Å²) in [6.07, 6.45) is -0.115. The van der Waals surface area contributed by atoms with Crippen molar-refractivity contribution in [3.63, 3.8) is 0 Å². The van der Waals surface area contributed by atoms with Crippen LogP contribution in [0.1, 0.15) is 5.56 Å². The largest absolute Gasteiger partial charge is 0.486 e. The van der Waals surface area contributed by atoms with Gasteiger partial charge in [-0.25, -0.2) is 0 Å². The molecule has 1 atom stereocenters. The van der Waals surface area contributed by atoms with E-state index in [0.29, 0.717) is 23.9 Å². The van der Waals surface area contributed by atoms with E-state index in [1.807, 2.05) is 61.3 Å². The van der Waals surface area contributed by atoms with Crippen molar-refractivity contribution in [3.8, 4) is 11.5 Å². The predicted molar refractivity (Wildman–Crippen MR) is 98.7 cm³/mol. The molecule has 0 fully saturated rings. The molecule has 5 nitrogen and oxygen atoms in total.